The zero-order valence-corrected chi connectivity index (χ0v) is 23.6. The molecule has 3 heterocycles. The Morgan fingerprint density at radius 3 is 2.32 bits per heavy atom. The lowest BCUT2D eigenvalue weighted by Gasteiger charge is -2.29. The van der Waals surface area contributed by atoms with Gasteiger partial charge in [0, 0.05) is 65.9 Å². The summed E-state index contributed by atoms with van der Waals surface area (Å²) < 4.78 is 35.3. The van der Waals surface area contributed by atoms with E-state index in [1.165, 1.54) is 25.1 Å². The molecule has 3 aromatic carbocycles. The fourth-order valence-corrected chi connectivity index (χ4v) is 4.91. The van der Waals surface area contributed by atoms with E-state index in [1.54, 1.807) is 54.9 Å². The smallest absolute Gasteiger partial charge is 0.323 e. The maximum absolute atomic E-state index is 15.3. The van der Waals surface area contributed by atoms with Gasteiger partial charge in [-0.1, -0.05) is 6.07 Å². The molecular formula is C32H27F2N7O3. The number of nitrogens with zero attached hydrogens (tertiary/aromatic N) is 4. The van der Waals surface area contributed by atoms with Gasteiger partial charge in [-0.2, -0.15) is 0 Å². The number of hydrogen-bond donors (Lipinski definition) is 3. The molecule has 1 aliphatic heterocycles. The van der Waals surface area contributed by atoms with Gasteiger partial charge in [0.1, 0.15) is 17.5 Å². The van der Waals surface area contributed by atoms with Crippen LogP contribution in [-0.2, 0) is 9.53 Å². The quantitative estimate of drug-likeness (QED) is 0.218. The van der Waals surface area contributed by atoms with Crippen LogP contribution in [0.25, 0.3) is 33.4 Å². The van der Waals surface area contributed by atoms with E-state index in [0.29, 0.717) is 71.2 Å². The highest BCUT2D eigenvalue weighted by atomic mass is 19.1. The Morgan fingerprint density at radius 1 is 0.841 bits per heavy atom. The van der Waals surface area contributed by atoms with Crippen LogP contribution in [0.3, 0.4) is 0 Å². The predicted molar refractivity (Wildman–Crippen MR) is 165 cm³/mol. The Balaban J connectivity index is 1.27. The van der Waals surface area contributed by atoms with Gasteiger partial charge in [-0.05, 0) is 60.7 Å². The first-order chi connectivity index (χ1) is 21.3. The molecule has 0 unspecified atom stereocenters. The minimum Gasteiger partial charge on any atom is -0.378 e. The number of fused-ring (bicyclic) bond motifs is 1. The van der Waals surface area contributed by atoms with Crippen LogP contribution in [-0.4, -0.2) is 53.2 Å². The Hall–Kier alpha value is -5.49. The van der Waals surface area contributed by atoms with Crippen molar-refractivity contribution in [2.75, 3.05) is 47.2 Å². The van der Waals surface area contributed by atoms with Crippen LogP contribution in [0, 0.1) is 11.6 Å². The molecule has 0 spiro atoms. The van der Waals surface area contributed by atoms with Gasteiger partial charge < -0.3 is 25.6 Å². The maximum Gasteiger partial charge on any atom is 0.323 e. The second kappa shape index (κ2) is 12.4. The summed E-state index contributed by atoms with van der Waals surface area (Å²) in [6, 6.07) is 16.9. The molecule has 0 saturated carbocycles. The summed E-state index contributed by atoms with van der Waals surface area (Å²) in [5.74, 6) is -0.384. The standard InChI is InChI=1S/C32H27F2N7O3/c1-19(42)36-23-8-9-28(27(34)15-23)39-32(43)37-22-6-4-20(5-7-22)30-38-29-17-24(21-3-2-10-35-18-21)26(33)16-25(29)31(40-30)41-11-13-44-14-12-41/h2-10,15-18H,11-14H2,1H3,(H,36,42)(H2,37,39,43). The zero-order chi connectivity index (χ0) is 30.6. The number of carbonyl (C=O) groups is 2. The third-order valence-electron chi connectivity index (χ3n) is 6.99. The Bertz CT molecular complexity index is 1850. The van der Waals surface area contributed by atoms with E-state index in [0.717, 1.165) is 6.07 Å². The lowest BCUT2D eigenvalue weighted by molar-refractivity contribution is -0.114. The molecule has 0 aliphatic carbocycles. The average molecular weight is 596 g/mol. The van der Waals surface area contributed by atoms with Gasteiger partial charge in [-0.25, -0.2) is 23.5 Å². The fourth-order valence-electron chi connectivity index (χ4n) is 4.91. The third kappa shape index (κ3) is 6.30. The molecule has 0 radical (unpaired) electrons. The van der Waals surface area contributed by atoms with Gasteiger partial charge >= 0.3 is 6.03 Å². The highest BCUT2D eigenvalue weighted by Gasteiger charge is 2.20. The number of urea groups is 1. The second-order valence-corrected chi connectivity index (χ2v) is 10.1. The molecule has 3 N–H and O–H groups in total. The summed E-state index contributed by atoms with van der Waals surface area (Å²) in [4.78, 5) is 39.5. The number of ether oxygens (including phenoxy) is 1. The van der Waals surface area contributed by atoms with E-state index in [-0.39, 0.29) is 17.3 Å². The van der Waals surface area contributed by atoms with Crippen molar-refractivity contribution in [3.8, 4) is 22.5 Å². The lowest BCUT2D eigenvalue weighted by atomic mass is 10.0. The number of carbonyl (C=O) groups excluding carboxylic acids is 2. The monoisotopic (exact) mass is 595 g/mol. The number of pyridine rings is 1. The normalized spacial score (nSPS) is 13.0. The Kier molecular flexibility index (Phi) is 8.06. The number of hydrogen-bond acceptors (Lipinski definition) is 7. The number of rotatable bonds is 6. The number of benzene rings is 3. The lowest BCUT2D eigenvalue weighted by Crippen LogP contribution is -2.37. The van der Waals surface area contributed by atoms with Crippen LogP contribution in [0.4, 0.5) is 36.5 Å². The first-order valence-electron chi connectivity index (χ1n) is 13.8. The third-order valence-corrected chi connectivity index (χ3v) is 6.99. The predicted octanol–water partition coefficient (Wildman–Crippen LogP) is 6.08. The number of halogens is 2. The van der Waals surface area contributed by atoms with Crippen molar-refractivity contribution in [2.45, 2.75) is 6.92 Å². The summed E-state index contributed by atoms with van der Waals surface area (Å²) in [6.45, 7) is 3.59. The summed E-state index contributed by atoms with van der Waals surface area (Å²) in [6.07, 6.45) is 3.23. The van der Waals surface area contributed by atoms with Gasteiger partial charge in [0.25, 0.3) is 0 Å². The molecule has 44 heavy (non-hydrogen) atoms. The van der Waals surface area contributed by atoms with Crippen molar-refractivity contribution in [3.05, 3.63) is 90.8 Å². The Morgan fingerprint density at radius 2 is 1.61 bits per heavy atom. The Labute approximate surface area is 251 Å². The number of anilines is 4. The number of amides is 3. The number of morpholine rings is 1. The molecule has 6 rings (SSSR count). The molecule has 10 nitrogen and oxygen atoms in total. The van der Waals surface area contributed by atoms with Crippen molar-refractivity contribution >= 4 is 45.7 Å². The van der Waals surface area contributed by atoms with Crippen molar-refractivity contribution in [2.24, 2.45) is 0 Å². The molecule has 0 atom stereocenters. The van der Waals surface area contributed by atoms with Crippen LogP contribution in [0.1, 0.15) is 6.92 Å². The van der Waals surface area contributed by atoms with Crippen molar-refractivity contribution in [1.29, 1.82) is 0 Å². The van der Waals surface area contributed by atoms with E-state index in [1.807, 2.05) is 0 Å². The average Bonchev–Trinajstić information content (AvgIpc) is 3.02. The molecule has 1 fully saturated rings. The van der Waals surface area contributed by atoms with Crippen LogP contribution >= 0.6 is 0 Å². The van der Waals surface area contributed by atoms with Gasteiger partial charge in [-0.3, -0.25) is 9.78 Å². The topological polar surface area (TPSA) is 121 Å². The van der Waals surface area contributed by atoms with Crippen molar-refractivity contribution < 1.29 is 23.1 Å². The van der Waals surface area contributed by atoms with Crippen LogP contribution in [0.5, 0.6) is 0 Å². The summed E-state index contributed by atoms with van der Waals surface area (Å²) >= 11 is 0. The fraction of sp³-hybridized carbons (Fsp3) is 0.156. The van der Waals surface area contributed by atoms with Gasteiger partial charge in [0.05, 0.1) is 24.4 Å². The van der Waals surface area contributed by atoms with E-state index in [2.05, 4.69) is 25.8 Å². The molecule has 222 valence electrons. The molecule has 5 aromatic rings. The van der Waals surface area contributed by atoms with Crippen molar-refractivity contribution in [1.82, 2.24) is 15.0 Å². The first kappa shape index (κ1) is 28.6. The van der Waals surface area contributed by atoms with Gasteiger partial charge in [0.15, 0.2) is 5.82 Å². The van der Waals surface area contributed by atoms with E-state index >= 15 is 4.39 Å². The van der Waals surface area contributed by atoms with Crippen LogP contribution in [0.2, 0.25) is 0 Å². The molecular weight excluding hydrogens is 568 g/mol. The maximum atomic E-state index is 15.3. The minimum absolute atomic E-state index is 0.0458. The highest BCUT2D eigenvalue weighted by Crippen LogP contribution is 2.33. The van der Waals surface area contributed by atoms with E-state index in [9.17, 15) is 14.0 Å². The first-order valence-corrected chi connectivity index (χ1v) is 13.8. The van der Waals surface area contributed by atoms with Gasteiger partial charge in [0.2, 0.25) is 5.91 Å². The number of aromatic nitrogens is 3. The van der Waals surface area contributed by atoms with E-state index < -0.39 is 17.7 Å². The van der Waals surface area contributed by atoms with Gasteiger partial charge in [-0.15, -0.1) is 0 Å². The minimum atomic E-state index is -0.696. The molecule has 12 heteroatoms. The largest absolute Gasteiger partial charge is 0.378 e. The SMILES string of the molecule is CC(=O)Nc1ccc(NC(=O)Nc2ccc(-c3nc(N4CCOCC4)c4cc(F)c(-c5cccnc5)cc4n3)cc2)c(F)c1. The molecule has 1 aliphatic rings. The molecule has 2 aromatic heterocycles. The second-order valence-electron chi connectivity index (χ2n) is 10.1. The number of nitrogens with one attached hydrogen (secondary N) is 3. The van der Waals surface area contributed by atoms with Crippen molar-refractivity contribution in [3.63, 3.8) is 0 Å². The van der Waals surface area contributed by atoms with Crippen LogP contribution in [0.15, 0.2) is 79.1 Å². The molecule has 0 bridgehead atoms. The zero-order valence-electron chi connectivity index (χ0n) is 23.6. The highest BCUT2D eigenvalue weighted by molar-refractivity contribution is 6.00. The molecule has 3 amide bonds. The molecule has 1 saturated heterocycles. The van der Waals surface area contributed by atoms with Crippen LogP contribution < -0.4 is 20.9 Å². The summed E-state index contributed by atoms with van der Waals surface area (Å²) in [7, 11) is 0. The summed E-state index contributed by atoms with van der Waals surface area (Å²) in [5, 5.41) is 8.21. The van der Waals surface area contributed by atoms with E-state index in [4.69, 9.17) is 14.7 Å². The summed E-state index contributed by atoms with van der Waals surface area (Å²) in [5.41, 5.74) is 2.96.